The van der Waals surface area contributed by atoms with E-state index in [0.29, 0.717) is 5.82 Å². The van der Waals surface area contributed by atoms with Crippen LogP contribution in [0.5, 0.6) is 0 Å². The molecule has 0 aliphatic rings. The Morgan fingerprint density at radius 1 is 1.45 bits per heavy atom. The molecular weight excluding hydrogens is 262 g/mol. The lowest BCUT2D eigenvalue weighted by molar-refractivity contribution is -0.385. The van der Waals surface area contributed by atoms with Crippen LogP contribution >= 0.6 is 0 Å². The highest BCUT2D eigenvalue weighted by molar-refractivity contribution is 6.07. The molecule has 2 aromatic rings. The quantitative estimate of drug-likeness (QED) is 0.500. The summed E-state index contributed by atoms with van der Waals surface area (Å²) in [6.07, 6.45) is 0. The number of nitro benzene ring substituents is 1. The lowest BCUT2D eigenvalue weighted by Gasteiger charge is -2.06. The minimum Gasteiger partial charge on any atom is -0.399 e. The van der Waals surface area contributed by atoms with Crippen LogP contribution in [0.3, 0.4) is 0 Å². The Labute approximate surface area is 114 Å². The Morgan fingerprint density at radius 3 is 2.70 bits per heavy atom. The van der Waals surface area contributed by atoms with Gasteiger partial charge >= 0.3 is 0 Å². The van der Waals surface area contributed by atoms with Crippen LogP contribution in [0.1, 0.15) is 16.1 Å². The van der Waals surface area contributed by atoms with Gasteiger partial charge in [-0.25, -0.2) is 0 Å². The van der Waals surface area contributed by atoms with Crippen LogP contribution in [0.4, 0.5) is 17.2 Å². The van der Waals surface area contributed by atoms with Crippen molar-refractivity contribution in [1.29, 1.82) is 0 Å². The molecule has 0 spiro atoms. The summed E-state index contributed by atoms with van der Waals surface area (Å²) >= 11 is 0. The van der Waals surface area contributed by atoms with Gasteiger partial charge in [0.1, 0.15) is 11.4 Å². The maximum atomic E-state index is 12.1. The number of nitro groups is 1. The number of aromatic nitrogens is 2. The fourth-order valence-electron chi connectivity index (χ4n) is 1.81. The molecule has 2 rings (SSSR count). The molecule has 8 heteroatoms. The number of hydrogen-bond donors (Lipinski definition) is 2. The number of rotatable bonds is 3. The maximum Gasteiger partial charge on any atom is 0.282 e. The van der Waals surface area contributed by atoms with Gasteiger partial charge in [-0.3, -0.25) is 19.6 Å². The molecule has 0 fully saturated rings. The number of nitrogens with two attached hydrogens (primary N) is 1. The highest BCUT2D eigenvalue weighted by atomic mass is 16.6. The van der Waals surface area contributed by atoms with Crippen molar-refractivity contribution in [3.63, 3.8) is 0 Å². The average Bonchev–Trinajstić information content (AvgIpc) is 2.67. The topological polar surface area (TPSA) is 116 Å². The number of anilines is 2. The Morgan fingerprint density at radius 2 is 2.15 bits per heavy atom. The molecule has 0 bridgehead atoms. The van der Waals surface area contributed by atoms with Gasteiger partial charge < -0.3 is 11.1 Å². The fraction of sp³-hybridized carbons (Fsp3) is 0.167. The van der Waals surface area contributed by atoms with Crippen LogP contribution in [-0.2, 0) is 7.05 Å². The second kappa shape index (κ2) is 5.00. The first-order chi connectivity index (χ1) is 9.38. The molecule has 20 heavy (non-hydrogen) atoms. The highest BCUT2D eigenvalue weighted by Gasteiger charge is 2.21. The summed E-state index contributed by atoms with van der Waals surface area (Å²) in [6.45, 7) is 1.78. The lowest BCUT2D eigenvalue weighted by atomic mass is 10.1. The van der Waals surface area contributed by atoms with Crippen LogP contribution in [0, 0.1) is 17.0 Å². The smallest absolute Gasteiger partial charge is 0.282 e. The predicted molar refractivity (Wildman–Crippen MR) is 73.4 cm³/mol. The molecule has 1 heterocycles. The fourth-order valence-corrected chi connectivity index (χ4v) is 1.81. The van der Waals surface area contributed by atoms with Crippen molar-refractivity contribution < 1.29 is 9.72 Å². The summed E-state index contributed by atoms with van der Waals surface area (Å²) in [7, 11) is 1.66. The number of carbonyl (C=O) groups is 1. The summed E-state index contributed by atoms with van der Waals surface area (Å²) in [5.74, 6) is -0.156. The molecule has 0 saturated carbocycles. The number of hydrogen-bond acceptors (Lipinski definition) is 5. The zero-order valence-electron chi connectivity index (χ0n) is 11.0. The molecule has 0 radical (unpaired) electrons. The monoisotopic (exact) mass is 275 g/mol. The van der Waals surface area contributed by atoms with E-state index in [-0.39, 0.29) is 16.9 Å². The lowest BCUT2D eigenvalue weighted by Crippen LogP contribution is -2.16. The van der Waals surface area contributed by atoms with E-state index in [4.69, 9.17) is 5.73 Å². The second-order valence-electron chi connectivity index (χ2n) is 4.28. The number of nitrogen functional groups attached to an aromatic ring is 1. The molecule has 0 unspecified atom stereocenters. The minimum absolute atomic E-state index is 0.0890. The van der Waals surface area contributed by atoms with Gasteiger partial charge in [-0.15, -0.1) is 0 Å². The van der Waals surface area contributed by atoms with Crippen LogP contribution in [0.15, 0.2) is 24.3 Å². The van der Waals surface area contributed by atoms with Crippen molar-refractivity contribution in [2.45, 2.75) is 6.92 Å². The number of aryl methyl sites for hydroxylation is 2. The first kappa shape index (κ1) is 13.5. The molecular formula is C12H13N5O3. The van der Waals surface area contributed by atoms with Crippen molar-refractivity contribution in [2.75, 3.05) is 11.1 Å². The molecule has 8 nitrogen and oxygen atoms in total. The Bertz CT molecular complexity index is 692. The standard InChI is InChI=1S/C12H13N5O3/c1-7-5-11(16(2)15-7)14-12(18)9-6-8(13)3-4-10(9)17(19)20/h3-6H,13H2,1-2H3,(H,14,18). The largest absolute Gasteiger partial charge is 0.399 e. The van der Waals surface area contributed by atoms with Crippen LogP contribution in [-0.4, -0.2) is 20.6 Å². The molecule has 0 aliphatic carbocycles. The van der Waals surface area contributed by atoms with E-state index in [0.717, 1.165) is 5.69 Å². The molecule has 0 saturated heterocycles. The van der Waals surface area contributed by atoms with E-state index >= 15 is 0 Å². The first-order valence-electron chi connectivity index (χ1n) is 5.74. The number of nitrogens with zero attached hydrogens (tertiary/aromatic N) is 3. The molecule has 104 valence electrons. The number of amides is 1. The normalized spacial score (nSPS) is 10.3. The maximum absolute atomic E-state index is 12.1. The summed E-state index contributed by atoms with van der Waals surface area (Å²) in [6, 6.07) is 5.52. The highest BCUT2D eigenvalue weighted by Crippen LogP contribution is 2.22. The van der Waals surface area contributed by atoms with E-state index in [9.17, 15) is 14.9 Å². The third-order valence-electron chi connectivity index (χ3n) is 2.71. The predicted octanol–water partition coefficient (Wildman–Crippen LogP) is 1.47. The van der Waals surface area contributed by atoms with Gasteiger partial charge in [0.15, 0.2) is 0 Å². The van der Waals surface area contributed by atoms with Gasteiger partial charge in [-0.2, -0.15) is 5.10 Å². The minimum atomic E-state index is -0.622. The number of nitrogens with one attached hydrogen (secondary N) is 1. The molecule has 0 atom stereocenters. The molecule has 1 aromatic carbocycles. The first-order valence-corrected chi connectivity index (χ1v) is 5.74. The van der Waals surface area contributed by atoms with E-state index in [1.54, 1.807) is 20.0 Å². The Kier molecular flexibility index (Phi) is 3.38. The number of benzene rings is 1. The van der Waals surface area contributed by atoms with Gasteiger partial charge in [0.25, 0.3) is 11.6 Å². The summed E-state index contributed by atoms with van der Waals surface area (Å²) in [5, 5.41) is 17.6. The zero-order valence-corrected chi connectivity index (χ0v) is 11.0. The SMILES string of the molecule is Cc1cc(NC(=O)c2cc(N)ccc2[N+](=O)[O-])n(C)n1. The van der Waals surface area contributed by atoms with Crippen molar-refractivity contribution in [2.24, 2.45) is 7.05 Å². The van der Waals surface area contributed by atoms with E-state index in [2.05, 4.69) is 10.4 Å². The molecule has 1 aromatic heterocycles. The van der Waals surface area contributed by atoms with Crippen molar-refractivity contribution in [1.82, 2.24) is 9.78 Å². The summed E-state index contributed by atoms with van der Waals surface area (Å²) in [5.41, 5.74) is 6.19. The van der Waals surface area contributed by atoms with Crippen LogP contribution in [0.25, 0.3) is 0 Å². The van der Waals surface area contributed by atoms with E-state index in [1.165, 1.54) is 22.9 Å². The molecule has 1 amide bonds. The van der Waals surface area contributed by atoms with Crippen LogP contribution in [0.2, 0.25) is 0 Å². The number of carbonyl (C=O) groups excluding carboxylic acids is 1. The van der Waals surface area contributed by atoms with Crippen molar-refractivity contribution in [3.05, 3.63) is 45.6 Å². The molecule has 0 aliphatic heterocycles. The third-order valence-corrected chi connectivity index (χ3v) is 2.71. The van der Waals surface area contributed by atoms with Gasteiger partial charge in [0.2, 0.25) is 0 Å². The third kappa shape index (κ3) is 2.58. The van der Waals surface area contributed by atoms with Gasteiger partial charge in [-0.05, 0) is 19.1 Å². The van der Waals surface area contributed by atoms with Gasteiger partial charge in [0.05, 0.1) is 10.6 Å². The van der Waals surface area contributed by atoms with Gasteiger partial charge in [-0.1, -0.05) is 0 Å². The summed E-state index contributed by atoms with van der Waals surface area (Å²) in [4.78, 5) is 22.4. The Balaban J connectivity index is 2.36. The van der Waals surface area contributed by atoms with Crippen LogP contribution < -0.4 is 11.1 Å². The average molecular weight is 275 g/mol. The molecule has 3 N–H and O–H groups in total. The zero-order chi connectivity index (χ0) is 14.9. The van der Waals surface area contributed by atoms with Crippen molar-refractivity contribution in [3.8, 4) is 0 Å². The van der Waals surface area contributed by atoms with E-state index in [1.807, 2.05) is 0 Å². The van der Waals surface area contributed by atoms with Crippen molar-refractivity contribution >= 4 is 23.1 Å². The van der Waals surface area contributed by atoms with Gasteiger partial charge in [0, 0.05) is 24.9 Å². The van der Waals surface area contributed by atoms with E-state index < -0.39 is 10.8 Å². The second-order valence-corrected chi connectivity index (χ2v) is 4.28. The Hall–Kier alpha value is -2.90. The summed E-state index contributed by atoms with van der Waals surface area (Å²) < 4.78 is 1.48.